The van der Waals surface area contributed by atoms with Crippen LogP contribution in [-0.4, -0.2) is 22.0 Å². The van der Waals surface area contributed by atoms with Crippen LogP contribution in [0.25, 0.3) is 10.6 Å². The molecule has 0 amide bonds. The minimum atomic E-state index is 0.525. The summed E-state index contributed by atoms with van der Waals surface area (Å²) >= 11 is 1.54. The molecule has 2 heterocycles. The van der Waals surface area contributed by atoms with Crippen LogP contribution in [0.1, 0.15) is 0 Å². The third-order valence-corrected chi connectivity index (χ3v) is 3.81. The van der Waals surface area contributed by atoms with Crippen LogP contribution in [0, 0.1) is 0 Å². The third-order valence-electron chi connectivity index (χ3n) is 2.77. The number of nitrogens with one attached hydrogen (secondary N) is 2. The normalized spacial score (nSPS) is 10.3. The van der Waals surface area contributed by atoms with Crippen LogP contribution in [0.4, 0.5) is 22.5 Å². The van der Waals surface area contributed by atoms with Crippen molar-refractivity contribution in [3.05, 3.63) is 42.7 Å². The van der Waals surface area contributed by atoms with Crippen LogP contribution in [0.2, 0.25) is 0 Å². The fourth-order valence-corrected chi connectivity index (χ4v) is 2.55. The number of nitrogens with zero attached hydrogens (tertiary/aromatic N) is 3. The van der Waals surface area contributed by atoms with Gasteiger partial charge in [0.2, 0.25) is 5.95 Å². The Morgan fingerprint density at radius 2 is 2.10 bits per heavy atom. The van der Waals surface area contributed by atoms with Crippen LogP contribution in [0.5, 0.6) is 0 Å². The average Bonchev–Trinajstić information content (AvgIpc) is 2.96. The van der Waals surface area contributed by atoms with Crippen molar-refractivity contribution in [3.63, 3.8) is 0 Å². The lowest BCUT2D eigenvalue weighted by atomic mass is 10.3. The number of hydrogen-bond acceptors (Lipinski definition) is 7. The summed E-state index contributed by atoms with van der Waals surface area (Å²) in [4.78, 5) is 13.9. The van der Waals surface area contributed by atoms with Gasteiger partial charge in [-0.1, -0.05) is 17.4 Å². The Hall–Kier alpha value is -2.67. The molecule has 21 heavy (non-hydrogen) atoms. The number of aromatic nitrogens is 3. The minimum Gasteiger partial charge on any atom is -0.399 e. The molecular weight excluding hydrogens is 284 g/mol. The molecule has 2 aromatic heterocycles. The molecule has 0 unspecified atom stereocenters. The lowest BCUT2D eigenvalue weighted by Crippen LogP contribution is -1.98. The highest BCUT2D eigenvalue weighted by molar-refractivity contribution is 7.18. The molecule has 0 bridgehead atoms. The van der Waals surface area contributed by atoms with E-state index in [9.17, 15) is 0 Å². The molecule has 0 atom stereocenters. The number of nitrogens with two attached hydrogens (primary N) is 1. The van der Waals surface area contributed by atoms with Crippen molar-refractivity contribution < 1.29 is 0 Å². The van der Waals surface area contributed by atoms with Gasteiger partial charge in [-0.15, -0.1) is 0 Å². The van der Waals surface area contributed by atoms with E-state index in [1.807, 2.05) is 37.4 Å². The zero-order chi connectivity index (χ0) is 14.7. The predicted molar refractivity (Wildman–Crippen MR) is 86.8 cm³/mol. The first-order chi connectivity index (χ1) is 10.2. The topological polar surface area (TPSA) is 88.8 Å². The zero-order valence-corrected chi connectivity index (χ0v) is 12.2. The van der Waals surface area contributed by atoms with Crippen LogP contribution in [0.3, 0.4) is 0 Å². The largest absolute Gasteiger partial charge is 0.399 e. The second kappa shape index (κ2) is 5.76. The smallest absolute Gasteiger partial charge is 0.227 e. The van der Waals surface area contributed by atoms with Gasteiger partial charge < -0.3 is 16.4 Å². The molecule has 106 valence electrons. The first-order valence-corrected chi connectivity index (χ1v) is 7.16. The highest BCUT2D eigenvalue weighted by Gasteiger charge is 2.06. The van der Waals surface area contributed by atoms with E-state index in [2.05, 4.69) is 25.6 Å². The predicted octanol–water partition coefficient (Wildman–Crippen LogP) is 2.97. The van der Waals surface area contributed by atoms with Crippen molar-refractivity contribution in [1.29, 1.82) is 0 Å². The van der Waals surface area contributed by atoms with E-state index < -0.39 is 0 Å². The summed E-state index contributed by atoms with van der Waals surface area (Å²) in [7, 11) is 1.84. The minimum absolute atomic E-state index is 0.525. The fourth-order valence-electron chi connectivity index (χ4n) is 1.81. The summed E-state index contributed by atoms with van der Waals surface area (Å²) in [5, 5.41) is 7.01. The van der Waals surface area contributed by atoms with Crippen molar-refractivity contribution in [2.45, 2.75) is 0 Å². The van der Waals surface area contributed by atoms with Gasteiger partial charge in [0.1, 0.15) is 0 Å². The first kappa shape index (κ1) is 13.3. The van der Waals surface area contributed by atoms with E-state index in [4.69, 9.17) is 5.73 Å². The molecule has 1 aromatic carbocycles. The van der Waals surface area contributed by atoms with Gasteiger partial charge in [0.25, 0.3) is 0 Å². The van der Waals surface area contributed by atoms with Gasteiger partial charge in [0, 0.05) is 30.8 Å². The number of rotatable bonds is 4. The van der Waals surface area contributed by atoms with Gasteiger partial charge in [-0.05, 0) is 24.3 Å². The third kappa shape index (κ3) is 3.09. The summed E-state index contributed by atoms with van der Waals surface area (Å²) < 4.78 is 0. The number of benzene rings is 1. The maximum atomic E-state index is 5.76. The molecule has 3 rings (SSSR count). The number of thiazole rings is 1. The summed E-state index contributed by atoms with van der Waals surface area (Å²) in [6.07, 6.45) is 3.51. The van der Waals surface area contributed by atoms with Crippen molar-refractivity contribution in [2.75, 3.05) is 23.4 Å². The van der Waals surface area contributed by atoms with Crippen LogP contribution >= 0.6 is 11.3 Å². The van der Waals surface area contributed by atoms with Gasteiger partial charge in [-0.25, -0.2) is 15.0 Å². The lowest BCUT2D eigenvalue weighted by molar-refractivity contribution is 1.17. The van der Waals surface area contributed by atoms with Crippen LogP contribution < -0.4 is 16.4 Å². The second-order valence-electron chi connectivity index (χ2n) is 4.30. The Labute approximate surface area is 126 Å². The van der Waals surface area contributed by atoms with Crippen molar-refractivity contribution in [3.8, 4) is 10.6 Å². The Kier molecular flexibility index (Phi) is 3.65. The molecule has 0 spiro atoms. The van der Waals surface area contributed by atoms with Gasteiger partial charge >= 0.3 is 0 Å². The van der Waals surface area contributed by atoms with E-state index >= 15 is 0 Å². The van der Waals surface area contributed by atoms with E-state index in [0.29, 0.717) is 11.6 Å². The molecule has 0 saturated carbocycles. The number of anilines is 4. The molecular formula is C14H14N6S. The van der Waals surface area contributed by atoms with E-state index in [-0.39, 0.29) is 0 Å². The van der Waals surface area contributed by atoms with Gasteiger partial charge in [-0.3, -0.25) is 0 Å². The van der Waals surface area contributed by atoms with Crippen LogP contribution in [0.15, 0.2) is 42.7 Å². The molecule has 0 aliphatic carbocycles. The summed E-state index contributed by atoms with van der Waals surface area (Å²) in [6, 6.07) is 9.32. The molecule has 0 aliphatic rings. The first-order valence-electron chi connectivity index (χ1n) is 6.34. The summed E-state index contributed by atoms with van der Waals surface area (Å²) in [5.41, 5.74) is 8.13. The van der Waals surface area contributed by atoms with Crippen molar-refractivity contribution >= 4 is 33.8 Å². The molecule has 3 aromatic rings. The zero-order valence-electron chi connectivity index (χ0n) is 11.4. The molecule has 0 fully saturated rings. The molecule has 6 nitrogen and oxygen atoms in total. The average molecular weight is 298 g/mol. The molecule has 0 aliphatic heterocycles. The Morgan fingerprint density at radius 1 is 1.19 bits per heavy atom. The SMILES string of the molecule is CNc1ncc(-c2ccnc(Nc3cccc(N)c3)n2)s1. The Morgan fingerprint density at radius 3 is 2.86 bits per heavy atom. The van der Waals surface area contributed by atoms with Gasteiger partial charge in [0.05, 0.1) is 10.6 Å². The van der Waals surface area contributed by atoms with Gasteiger partial charge in [-0.2, -0.15) is 0 Å². The summed E-state index contributed by atoms with van der Waals surface area (Å²) in [5.74, 6) is 0.525. The maximum Gasteiger partial charge on any atom is 0.227 e. The van der Waals surface area contributed by atoms with Crippen molar-refractivity contribution in [1.82, 2.24) is 15.0 Å². The summed E-state index contributed by atoms with van der Waals surface area (Å²) in [6.45, 7) is 0. The molecule has 7 heteroatoms. The monoisotopic (exact) mass is 298 g/mol. The Balaban J connectivity index is 1.86. The van der Waals surface area contributed by atoms with E-state index in [1.54, 1.807) is 23.7 Å². The van der Waals surface area contributed by atoms with E-state index in [1.165, 1.54) is 0 Å². The quantitative estimate of drug-likeness (QED) is 0.642. The second-order valence-corrected chi connectivity index (χ2v) is 5.33. The highest BCUT2D eigenvalue weighted by atomic mass is 32.1. The van der Waals surface area contributed by atoms with Crippen molar-refractivity contribution in [2.24, 2.45) is 0 Å². The maximum absolute atomic E-state index is 5.76. The number of hydrogen-bond donors (Lipinski definition) is 3. The lowest BCUT2D eigenvalue weighted by Gasteiger charge is -2.06. The standard InChI is InChI=1S/C14H14N6S/c1-16-14-18-8-12(21-14)11-5-6-17-13(20-11)19-10-4-2-3-9(15)7-10/h2-8H,15H2,1H3,(H,16,18)(H,17,19,20). The number of nitrogen functional groups attached to an aromatic ring is 1. The fraction of sp³-hybridized carbons (Fsp3) is 0.0714. The molecule has 0 saturated heterocycles. The van der Waals surface area contributed by atoms with E-state index in [0.717, 1.165) is 21.4 Å². The Bertz CT molecular complexity index is 754. The molecule has 4 N–H and O–H groups in total. The van der Waals surface area contributed by atoms with Gasteiger partial charge in [0.15, 0.2) is 5.13 Å². The van der Waals surface area contributed by atoms with Crippen LogP contribution in [-0.2, 0) is 0 Å². The highest BCUT2D eigenvalue weighted by Crippen LogP contribution is 2.27. The molecule has 0 radical (unpaired) electrons.